The zero-order valence-electron chi connectivity index (χ0n) is 18.7. The van der Waals surface area contributed by atoms with Crippen LogP contribution in [0.15, 0.2) is 72.8 Å². The summed E-state index contributed by atoms with van der Waals surface area (Å²) in [6.07, 6.45) is 1.18. The van der Waals surface area contributed by atoms with Crippen LogP contribution in [0, 0.1) is 0 Å². The van der Waals surface area contributed by atoms with E-state index in [-0.39, 0.29) is 24.2 Å². The molecule has 0 saturated heterocycles. The molecule has 1 saturated carbocycles. The van der Waals surface area contributed by atoms with E-state index in [0.717, 1.165) is 27.8 Å². The Bertz CT molecular complexity index is 1170. The highest BCUT2D eigenvalue weighted by atomic mass is 16.5. The molecule has 34 heavy (non-hydrogen) atoms. The second-order valence-electron chi connectivity index (χ2n) is 9.20. The van der Waals surface area contributed by atoms with Crippen molar-refractivity contribution >= 4 is 12.1 Å². The molecular weight excluding hydrogens is 430 g/mol. The van der Waals surface area contributed by atoms with Gasteiger partial charge in [-0.15, -0.1) is 0 Å². The van der Waals surface area contributed by atoms with Gasteiger partial charge >= 0.3 is 12.1 Å². The number of hydrogen-bond donors (Lipinski definition) is 3. The lowest BCUT2D eigenvalue weighted by molar-refractivity contribution is -0.146. The molecule has 6 nitrogen and oxygen atoms in total. The zero-order valence-corrected chi connectivity index (χ0v) is 18.7. The van der Waals surface area contributed by atoms with Gasteiger partial charge in [0.1, 0.15) is 17.9 Å². The molecule has 0 aromatic heterocycles. The molecule has 1 fully saturated rings. The van der Waals surface area contributed by atoms with E-state index in [1.807, 2.05) is 48.5 Å². The molecule has 5 rings (SSSR count). The third-order valence-electron chi connectivity index (χ3n) is 7.30. The van der Waals surface area contributed by atoms with E-state index in [4.69, 9.17) is 4.74 Å². The van der Waals surface area contributed by atoms with Gasteiger partial charge in [-0.3, -0.25) is 0 Å². The number of carboxylic acids is 1. The third-order valence-corrected chi connectivity index (χ3v) is 7.30. The summed E-state index contributed by atoms with van der Waals surface area (Å²) >= 11 is 0. The molecule has 0 heterocycles. The topological polar surface area (TPSA) is 95.9 Å². The van der Waals surface area contributed by atoms with Gasteiger partial charge in [-0.25, -0.2) is 9.59 Å². The molecule has 0 radical (unpaired) electrons. The predicted octanol–water partition coefficient (Wildman–Crippen LogP) is 5.41. The molecule has 0 unspecified atom stereocenters. The maximum atomic E-state index is 12.8. The van der Waals surface area contributed by atoms with Crippen molar-refractivity contribution < 1.29 is 24.5 Å². The van der Waals surface area contributed by atoms with Crippen LogP contribution in [0.5, 0.6) is 5.75 Å². The summed E-state index contributed by atoms with van der Waals surface area (Å²) in [6.45, 7) is 0.145. The first-order chi connectivity index (χ1) is 16.5. The molecule has 2 aliphatic carbocycles. The molecule has 6 heteroatoms. The number of hydrogen-bond acceptors (Lipinski definition) is 4. The van der Waals surface area contributed by atoms with Gasteiger partial charge in [0.05, 0.1) is 0 Å². The van der Waals surface area contributed by atoms with Gasteiger partial charge < -0.3 is 20.3 Å². The largest absolute Gasteiger partial charge is 0.508 e. The smallest absolute Gasteiger partial charge is 0.408 e. The Hall–Kier alpha value is -3.80. The molecule has 0 bridgehead atoms. The Balaban J connectivity index is 1.25. The van der Waals surface area contributed by atoms with Gasteiger partial charge in [-0.2, -0.15) is 0 Å². The van der Waals surface area contributed by atoms with Gasteiger partial charge in [-0.05, 0) is 71.6 Å². The number of ether oxygens (including phenoxy) is 1. The Morgan fingerprint density at radius 3 is 2.00 bits per heavy atom. The van der Waals surface area contributed by atoms with Crippen LogP contribution in [-0.4, -0.2) is 34.4 Å². The maximum absolute atomic E-state index is 12.8. The lowest BCUT2D eigenvalue weighted by Gasteiger charge is -2.37. The number of phenols is 1. The van der Waals surface area contributed by atoms with Crippen LogP contribution in [0.3, 0.4) is 0 Å². The number of nitrogens with one attached hydrogen (secondary N) is 1. The zero-order chi connectivity index (χ0) is 23.7. The number of carbonyl (C=O) groups excluding carboxylic acids is 1. The van der Waals surface area contributed by atoms with Crippen molar-refractivity contribution in [2.24, 2.45) is 0 Å². The van der Waals surface area contributed by atoms with Crippen molar-refractivity contribution in [3.63, 3.8) is 0 Å². The number of carboxylic acid groups (broad SMARTS) is 1. The van der Waals surface area contributed by atoms with Crippen molar-refractivity contribution in [2.75, 3.05) is 6.61 Å². The Morgan fingerprint density at radius 2 is 1.44 bits per heavy atom. The minimum Gasteiger partial charge on any atom is -0.508 e. The Kier molecular flexibility index (Phi) is 5.74. The van der Waals surface area contributed by atoms with Crippen LogP contribution in [0.25, 0.3) is 11.1 Å². The fourth-order valence-corrected chi connectivity index (χ4v) is 5.41. The highest BCUT2D eigenvalue weighted by Gasteiger charge is 2.44. The Labute approximate surface area is 198 Å². The van der Waals surface area contributed by atoms with Crippen LogP contribution in [-0.2, 0) is 9.53 Å². The average molecular weight is 458 g/mol. The first-order valence-electron chi connectivity index (χ1n) is 11.6. The molecular formula is C28H27NO5. The van der Waals surface area contributed by atoms with E-state index >= 15 is 0 Å². The number of carbonyl (C=O) groups is 2. The van der Waals surface area contributed by atoms with Crippen LogP contribution in [0.4, 0.5) is 4.79 Å². The Morgan fingerprint density at radius 1 is 0.882 bits per heavy atom. The molecule has 3 aromatic carbocycles. The summed E-state index contributed by atoms with van der Waals surface area (Å²) in [5.74, 6) is -0.719. The third kappa shape index (κ3) is 4.00. The summed E-state index contributed by atoms with van der Waals surface area (Å²) in [4.78, 5) is 25.0. The van der Waals surface area contributed by atoms with Gasteiger partial charge in [-0.1, -0.05) is 60.7 Å². The molecule has 3 aromatic rings. The second kappa shape index (κ2) is 8.86. The summed E-state index contributed by atoms with van der Waals surface area (Å²) in [5, 5.41) is 22.2. The first-order valence-corrected chi connectivity index (χ1v) is 11.6. The standard InChI is InChI=1S/C28H27NO5/c30-20-11-9-18(10-12-20)19-13-15-28(16-14-19,26(31)32)29-27(33)34-17-25-23-7-3-1-5-21(23)22-6-2-4-8-24(22)25/h1-12,19,25,30H,13-17H2,(H,29,33)(H,31,32)/t19-,28+. The van der Waals surface area contributed by atoms with Crippen molar-refractivity contribution in [3.8, 4) is 16.9 Å². The van der Waals surface area contributed by atoms with Crippen LogP contribution >= 0.6 is 0 Å². The minimum absolute atomic E-state index is 0.0795. The summed E-state index contributed by atoms with van der Waals surface area (Å²) in [5.41, 5.74) is 4.23. The van der Waals surface area contributed by atoms with Crippen LogP contribution in [0.2, 0.25) is 0 Å². The van der Waals surface area contributed by atoms with Crippen LogP contribution in [0.1, 0.15) is 54.2 Å². The van der Waals surface area contributed by atoms with E-state index in [0.29, 0.717) is 25.7 Å². The minimum atomic E-state index is -1.34. The number of aliphatic carboxylic acids is 1. The highest BCUT2D eigenvalue weighted by molar-refractivity contribution is 5.85. The lowest BCUT2D eigenvalue weighted by atomic mass is 9.74. The number of aromatic hydroxyl groups is 1. The summed E-state index contributed by atoms with van der Waals surface area (Å²) in [6, 6.07) is 23.2. The molecule has 0 aliphatic heterocycles. The maximum Gasteiger partial charge on any atom is 0.408 e. The summed E-state index contributed by atoms with van der Waals surface area (Å²) in [7, 11) is 0. The van der Waals surface area contributed by atoms with Crippen molar-refractivity contribution in [3.05, 3.63) is 89.5 Å². The lowest BCUT2D eigenvalue weighted by Crippen LogP contribution is -2.56. The highest BCUT2D eigenvalue weighted by Crippen LogP contribution is 2.44. The van der Waals surface area contributed by atoms with Gasteiger partial charge in [0.2, 0.25) is 0 Å². The first kappa shape index (κ1) is 22.0. The van der Waals surface area contributed by atoms with Crippen molar-refractivity contribution in [1.29, 1.82) is 0 Å². The monoisotopic (exact) mass is 457 g/mol. The number of benzene rings is 3. The molecule has 174 valence electrons. The molecule has 0 atom stereocenters. The predicted molar refractivity (Wildman–Crippen MR) is 128 cm³/mol. The van der Waals surface area contributed by atoms with Gasteiger partial charge in [0.25, 0.3) is 0 Å². The molecule has 0 spiro atoms. The number of fused-ring (bicyclic) bond motifs is 3. The fourth-order valence-electron chi connectivity index (χ4n) is 5.41. The fraction of sp³-hybridized carbons (Fsp3) is 0.286. The number of alkyl carbamates (subject to hydrolysis) is 1. The quantitative estimate of drug-likeness (QED) is 0.476. The van der Waals surface area contributed by atoms with E-state index in [1.54, 1.807) is 12.1 Å². The van der Waals surface area contributed by atoms with E-state index in [9.17, 15) is 19.8 Å². The van der Waals surface area contributed by atoms with Crippen molar-refractivity contribution in [1.82, 2.24) is 5.32 Å². The number of rotatable bonds is 5. The number of amides is 1. The van der Waals surface area contributed by atoms with E-state index < -0.39 is 17.6 Å². The second-order valence-corrected chi connectivity index (χ2v) is 9.20. The summed E-state index contributed by atoms with van der Waals surface area (Å²) < 4.78 is 5.60. The molecule has 3 N–H and O–H groups in total. The molecule has 1 amide bonds. The normalized spacial score (nSPS) is 21.4. The average Bonchev–Trinajstić information content (AvgIpc) is 3.17. The van der Waals surface area contributed by atoms with Gasteiger partial charge in [0.15, 0.2) is 0 Å². The molecule has 2 aliphatic rings. The van der Waals surface area contributed by atoms with Crippen molar-refractivity contribution in [2.45, 2.75) is 43.1 Å². The number of phenolic OH excluding ortho intramolecular Hbond substituents is 1. The van der Waals surface area contributed by atoms with E-state index in [2.05, 4.69) is 17.4 Å². The SMILES string of the molecule is O=C(N[C@]1(C(=O)O)CC[C@H](c2ccc(O)cc2)CC1)OCC1c2ccccc2-c2ccccc21. The van der Waals surface area contributed by atoms with Gasteiger partial charge in [0, 0.05) is 5.92 Å². The van der Waals surface area contributed by atoms with Crippen LogP contribution < -0.4 is 5.32 Å². The van der Waals surface area contributed by atoms with E-state index in [1.165, 1.54) is 0 Å².